The van der Waals surface area contributed by atoms with Gasteiger partial charge in [0.15, 0.2) is 0 Å². The molecule has 0 saturated carbocycles. The highest BCUT2D eigenvalue weighted by molar-refractivity contribution is 6.28. The quantitative estimate of drug-likeness (QED) is 0.741. The Morgan fingerprint density at radius 2 is 2.53 bits per heavy atom. The van der Waals surface area contributed by atoms with E-state index in [1.165, 1.54) is 0 Å². The Bertz CT molecular complexity index is 337. The number of aliphatic hydroxyl groups excluding tert-OH is 1. The van der Waals surface area contributed by atoms with Gasteiger partial charge in [-0.2, -0.15) is 0 Å². The highest BCUT2D eigenvalue weighted by atomic mass is 35.5. The molecule has 0 spiro atoms. The smallest absolute Gasteiger partial charge is 0.224 e. The maximum Gasteiger partial charge on any atom is 0.224 e. The van der Waals surface area contributed by atoms with E-state index in [2.05, 4.69) is 9.97 Å². The topological polar surface area (TPSA) is 58.5 Å². The molecule has 1 fully saturated rings. The van der Waals surface area contributed by atoms with Crippen LogP contribution in [0.1, 0.15) is 0 Å². The third kappa shape index (κ3) is 2.37. The van der Waals surface area contributed by atoms with Crippen molar-refractivity contribution in [2.45, 2.75) is 6.04 Å². The fraction of sp³-hybridized carbons (Fsp3) is 0.556. The lowest BCUT2D eigenvalue weighted by molar-refractivity contribution is 0.0723. The Morgan fingerprint density at radius 3 is 3.27 bits per heavy atom. The molecule has 2 heterocycles. The largest absolute Gasteiger partial charge is 0.394 e. The molecule has 1 aromatic heterocycles. The van der Waals surface area contributed by atoms with Crippen LogP contribution in [0, 0.1) is 0 Å². The number of morpholine rings is 1. The van der Waals surface area contributed by atoms with E-state index in [-0.39, 0.29) is 17.9 Å². The standard InChI is InChI=1S/C9H12ClN3O2/c10-9-11-2-1-8(12-9)13-3-4-15-6-7(13)5-14/h1-2,7,14H,3-6H2. The summed E-state index contributed by atoms with van der Waals surface area (Å²) >= 11 is 5.71. The molecule has 0 amide bonds. The molecule has 15 heavy (non-hydrogen) atoms. The van der Waals surface area contributed by atoms with E-state index in [4.69, 9.17) is 16.3 Å². The number of aromatic nitrogens is 2. The number of nitrogens with zero attached hydrogens (tertiary/aromatic N) is 3. The molecular formula is C9H12ClN3O2. The van der Waals surface area contributed by atoms with Crippen LogP contribution in [-0.4, -0.2) is 47.5 Å². The lowest BCUT2D eigenvalue weighted by Crippen LogP contribution is -2.48. The SMILES string of the molecule is OCC1COCCN1c1ccnc(Cl)n1. The third-order valence-electron chi connectivity index (χ3n) is 2.34. The summed E-state index contributed by atoms with van der Waals surface area (Å²) in [4.78, 5) is 9.91. The number of hydrogen-bond donors (Lipinski definition) is 1. The fourth-order valence-corrected chi connectivity index (χ4v) is 1.74. The molecule has 82 valence electrons. The highest BCUT2D eigenvalue weighted by Gasteiger charge is 2.23. The highest BCUT2D eigenvalue weighted by Crippen LogP contribution is 2.17. The van der Waals surface area contributed by atoms with Crippen LogP contribution in [0.4, 0.5) is 5.82 Å². The summed E-state index contributed by atoms with van der Waals surface area (Å²) in [7, 11) is 0. The maximum atomic E-state index is 9.19. The predicted octanol–water partition coefficient (Wildman–Crippen LogP) is 0.327. The summed E-state index contributed by atoms with van der Waals surface area (Å²) in [6.07, 6.45) is 1.61. The van der Waals surface area contributed by atoms with E-state index < -0.39 is 0 Å². The van der Waals surface area contributed by atoms with Gasteiger partial charge in [0, 0.05) is 12.7 Å². The minimum absolute atomic E-state index is 0.0433. The van der Waals surface area contributed by atoms with Gasteiger partial charge in [-0.1, -0.05) is 0 Å². The lowest BCUT2D eigenvalue weighted by Gasteiger charge is -2.35. The summed E-state index contributed by atoms with van der Waals surface area (Å²) in [6.45, 7) is 1.90. The maximum absolute atomic E-state index is 9.19. The van der Waals surface area contributed by atoms with Gasteiger partial charge in [0.05, 0.1) is 25.9 Å². The number of rotatable bonds is 2. The summed E-state index contributed by atoms with van der Waals surface area (Å²) in [5.74, 6) is 0.734. The van der Waals surface area contributed by atoms with Crippen LogP contribution in [0.25, 0.3) is 0 Å². The average molecular weight is 230 g/mol. The van der Waals surface area contributed by atoms with Crippen LogP contribution in [-0.2, 0) is 4.74 Å². The van der Waals surface area contributed by atoms with Crippen molar-refractivity contribution in [2.75, 3.05) is 31.3 Å². The minimum Gasteiger partial charge on any atom is -0.394 e. The average Bonchev–Trinajstić information content (AvgIpc) is 2.29. The lowest BCUT2D eigenvalue weighted by atomic mass is 10.2. The number of anilines is 1. The summed E-state index contributed by atoms with van der Waals surface area (Å²) in [5.41, 5.74) is 0. The number of aliphatic hydroxyl groups is 1. The van der Waals surface area contributed by atoms with Gasteiger partial charge in [0.2, 0.25) is 5.28 Å². The van der Waals surface area contributed by atoms with Crippen molar-refractivity contribution in [2.24, 2.45) is 0 Å². The van der Waals surface area contributed by atoms with Gasteiger partial charge in [-0.05, 0) is 17.7 Å². The molecule has 2 rings (SSSR count). The number of hydrogen-bond acceptors (Lipinski definition) is 5. The van der Waals surface area contributed by atoms with E-state index >= 15 is 0 Å². The number of halogens is 1. The van der Waals surface area contributed by atoms with Gasteiger partial charge in [0.25, 0.3) is 0 Å². The van der Waals surface area contributed by atoms with E-state index in [0.717, 1.165) is 5.82 Å². The molecule has 1 aliphatic rings. The molecule has 1 aromatic rings. The normalized spacial score (nSPS) is 21.7. The zero-order valence-electron chi connectivity index (χ0n) is 8.14. The molecule has 0 aliphatic carbocycles. The van der Waals surface area contributed by atoms with Gasteiger partial charge in [0.1, 0.15) is 5.82 Å². The first kappa shape index (κ1) is 10.6. The molecule has 1 unspecified atom stereocenters. The zero-order chi connectivity index (χ0) is 10.7. The Kier molecular flexibility index (Phi) is 3.35. The number of ether oxygens (including phenoxy) is 1. The molecule has 1 N–H and O–H groups in total. The fourth-order valence-electron chi connectivity index (χ4n) is 1.59. The van der Waals surface area contributed by atoms with Crippen molar-refractivity contribution >= 4 is 17.4 Å². The zero-order valence-corrected chi connectivity index (χ0v) is 8.89. The molecule has 5 nitrogen and oxygen atoms in total. The Labute approximate surface area is 92.7 Å². The molecule has 1 saturated heterocycles. The van der Waals surface area contributed by atoms with Gasteiger partial charge in [-0.15, -0.1) is 0 Å². The van der Waals surface area contributed by atoms with Crippen LogP contribution in [0.2, 0.25) is 5.28 Å². The first-order valence-electron chi connectivity index (χ1n) is 4.75. The van der Waals surface area contributed by atoms with E-state index in [9.17, 15) is 5.11 Å². The molecular weight excluding hydrogens is 218 g/mol. The second-order valence-corrected chi connectivity index (χ2v) is 3.63. The van der Waals surface area contributed by atoms with Crippen LogP contribution in [0.15, 0.2) is 12.3 Å². The molecule has 1 aliphatic heterocycles. The van der Waals surface area contributed by atoms with Crippen LogP contribution in [0.5, 0.6) is 0 Å². The predicted molar refractivity (Wildman–Crippen MR) is 56.1 cm³/mol. The van der Waals surface area contributed by atoms with Gasteiger partial charge < -0.3 is 14.7 Å². The van der Waals surface area contributed by atoms with E-state index in [1.807, 2.05) is 4.90 Å². The van der Waals surface area contributed by atoms with Crippen LogP contribution < -0.4 is 4.90 Å². The van der Waals surface area contributed by atoms with Crippen molar-refractivity contribution in [1.29, 1.82) is 0 Å². The molecule has 0 radical (unpaired) electrons. The molecule has 1 atom stereocenters. The Morgan fingerprint density at radius 1 is 1.67 bits per heavy atom. The summed E-state index contributed by atoms with van der Waals surface area (Å²) in [6, 6.07) is 1.73. The first-order valence-corrected chi connectivity index (χ1v) is 5.13. The molecule has 0 bridgehead atoms. The third-order valence-corrected chi connectivity index (χ3v) is 2.53. The molecule has 6 heteroatoms. The molecule has 0 aromatic carbocycles. The van der Waals surface area contributed by atoms with Crippen molar-refractivity contribution in [3.8, 4) is 0 Å². The van der Waals surface area contributed by atoms with Gasteiger partial charge in [-0.3, -0.25) is 0 Å². The second kappa shape index (κ2) is 4.74. The monoisotopic (exact) mass is 229 g/mol. The van der Waals surface area contributed by atoms with Crippen molar-refractivity contribution in [3.63, 3.8) is 0 Å². The van der Waals surface area contributed by atoms with Crippen molar-refractivity contribution in [1.82, 2.24) is 9.97 Å². The Balaban J connectivity index is 2.20. The summed E-state index contributed by atoms with van der Waals surface area (Å²) in [5, 5.41) is 9.41. The Hall–Kier alpha value is -0.910. The van der Waals surface area contributed by atoms with E-state index in [0.29, 0.717) is 19.8 Å². The van der Waals surface area contributed by atoms with Crippen LogP contribution in [0.3, 0.4) is 0 Å². The van der Waals surface area contributed by atoms with Crippen LogP contribution >= 0.6 is 11.6 Å². The van der Waals surface area contributed by atoms with Gasteiger partial charge in [-0.25, -0.2) is 9.97 Å². The summed E-state index contributed by atoms with van der Waals surface area (Å²) < 4.78 is 5.28. The second-order valence-electron chi connectivity index (χ2n) is 3.29. The minimum atomic E-state index is -0.0512. The van der Waals surface area contributed by atoms with E-state index in [1.54, 1.807) is 12.3 Å². The van der Waals surface area contributed by atoms with Gasteiger partial charge >= 0.3 is 0 Å². The first-order chi connectivity index (χ1) is 7.31. The van der Waals surface area contributed by atoms with Crippen molar-refractivity contribution < 1.29 is 9.84 Å². The van der Waals surface area contributed by atoms with Crippen molar-refractivity contribution in [3.05, 3.63) is 17.5 Å².